The number of anilines is 1. The van der Waals surface area contributed by atoms with Crippen molar-refractivity contribution < 1.29 is 16.5 Å². The standard InChI is InChI=1S/C26H31F3N6OS/c27-37(28,29)19-3-4-20(22(30)13-19)26(36)35-11-5-16(6-12-35)21-14-31-25-24(21)33-23(15-32-25)17-7-9-34(10-8-17)18-1-2-18/h3-4,13-18H,1-2,5-12,30H2,(H,31,32). The number of nitrogens with two attached hydrogens (primary N) is 1. The number of aromatic amines is 1. The predicted molar refractivity (Wildman–Crippen MR) is 138 cm³/mol. The topological polar surface area (TPSA) is 91.1 Å². The van der Waals surface area contributed by atoms with Gasteiger partial charge in [-0.05, 0) is 75.7 Å². The molecule has 1 aliphatic carbocycles. The SMILES string of the molecule is Nc1cc(S(F)(F)F)ccc1C(=O)N1CCC(c2c[nH]c3ncc(C4CCN(C5CC5)CC4)nc23)CC1. The number of piperidine rings is 2. The number of carbonyl (C=O) groups excluding carboxylic acids is 1. The van der Waals surface area contributed by atoms with Gasteiger partial charge in [0.25, 0.3) is 5.91 Å². The minimum absolute atomic E-state index is 0.126. The van der Waals surface area contributed by atoms with E-state index in [9.17, 15) is 16.5 Å². The van der Waals surface area contributed by atoms with E-state index in [1.54, 1.807) is 4.90 Å². The largest absolute Gasteiger partial charge is 0.398 e. The van der Waals surface area contributed by atoms with Gasteiger partial charge in [-0.25, -0.2) is 9.97 Å². The molecule has 3 N–H and O–H groups in total. The predicted octanol–water partition coefficient (Wildman–Crippen LogP) is 5.72. The van der Waals surface area contributed by atoms with Gasteiger partial charge in [0.05, 0.1) is 22.3 Å². The number of hydrogen-bond donors (Lipinski definition) is 2. The zero-order valence-electron chi connectivity index (χ0n) is 20.5. The number of amides is 1. The fraction of sp³-hybridized carbons (Fsp3) is 0.500. The van der Waals surface area contributed by atoms with Crippen LogP contribution < -0.4 is 5.73 Å². The zero-order valence-corrected chi connectivity index (χ0v) is 21.3. The van der Waals surface area contributed by atoms with Gasteiger partial charge in [0.2, 0.25) is 11.2 Å². The molecule has 0 unspecified atom stereocenters. The van der Waals surface area contributed by atoms with Crippen molar-refractivity contribution in [2.24, 2.45) is 0 Å². The molecule has 3 fully saturated rings. The molecule has 0 radical (unpaired) electrons. The average molecular weight is 533 g/mol. The van der Waals surface area contributed by atoms with Crippen LogP contribution in [0.25, 0.3) is 11.2 Å². The summed E-state index contributed by atoms with van der Waals surface area (Å²) >= 11 is -5.38. The van der Waals surface area contributed by atoms with Crippen molar-refractivity contribution in [2.45, 2.75) is 61.3 Å². The fourth-order valence-corrected chi connectivity index (χ4v) is 6.36. The lowest BCUT2D eigenvalue weighted by Crippen LogP contribution is -2.38. The first-order chi connectivity index (χ1) is 17.8. The Bertz CT molecular complexity index is 1310. The number of benzene rings is 1. The molecule has 37 heavy (non-hydrogen) atoms. The van der Waals surface area contributed by atoms with E-state index >= 15 is 0 Å². The number of likely N-dealkylation sites (tertiary alicyclic amines) is 2. The normalized spacial score (nSPS) is 21.0. The van der Waals surface area contributed by atoms with Gasteiger partial charge in [0.1, 0.15) is 5.52 Å². The van der Waals surface area contributed by atoms with E-state index in [2.05, 4.69) is 14.9 Å². The Morgan fingerprint density at radius 1 is 1.00 bits per heavy atom. The lowest BCUT2D eigenvalue weighted by Gasteiger charge is -2.32. The Balaban J connectivity index is 1.13. The molecular formula is C26H31F3N6OS. The zero-order chi connectivity index (χ0) is 25.7. The maximum Gasteiger partial charge on any atom is 0.255 e. The molecule has 2 saturated heterocycles. The number of fused-ring (bicyclic) bond motifs is 1. The first-order valence-corrected chi connectivity index (χ1v) is 14.3. The number of carbonyl (C=O) groups is 1. The van der Waals surface area contributed by atoms with E-state index in [0.717, 1.165) is 79.4 Å². The van der Waals surface area contributed by atoms with Crippen LogP contribution in [0.1, 0.15) is 72.0 Å². The second-order valence-corrected chi connectivity index (χ2v) is 11.8. The highest BCUT2D eigenvalue weighted by molar-refractivity contribution is 8.20. The van der Waals surface area contributed by atoms with Crippen molar-refractivity contribution >= 4 is 33.9 Å². The van der Waals surface area contributed by atoms with E-state index in [1.165, 1.54) is 18.9 Å². The molecule has 2 aromatic heterocycles. The summed E-state index contributed by atoms with van der Waals surface area (Å²) in [5, 5.41) is 0. The maximum absolute atomic E-state index is 13.0. The molecule has 2 aliphatic heterocycles. The minimum Gasteiger partial charge on any atom is -0.398 e. The summed E-state index contributed by atoms with van der Waals surface area (Å²) in [5.74, 6) is 0.343. The number of nitrogens with one attached hydrogen (secondary N) is 1. The van der Waals surface area contributed by atoms with Gasteiger partial charge in [0.15, 0.2) is 5.65 Å². The number of H-pyrrole nitrogens is 1. The highest BCUT2D eigenvalue weighted by atomic mass is 32.3. The Morgan fingerprint density at radius 2 is 1.70 bits per heavy atom. The Kier molecular flexibility index (Phi) is 6.30. The minimum atomic E-state index is -5.38. The molecule has 0 bridgehead atoms. The van der Waals surface area contributed by atoms with Crippen LogP contribution in [0.4, 0.5) is 17.3 Å². The van der Waals surface area contributed by atoms with E-state index in [-0.39, 0.29) is 23.1 Å². The summed E-state index contributed by atoms with van der Waals surface area (Å²) in [6.45, 7) is 3.28. The van der Waals surface area contributed by atoms with Crippen LogP contribution in [0.5, 0.6) is 0 Å². The lowest BCUT2D eigenvalue weighted by molar-refractivity contribution is 0.0714. The molecule has 1 aromatic carbocycles. The van der Waals surface area contributed by atoms with Gasteiger partial charge in [-0.15, -0.1) is 11.7 Å². The highest BCUT2D eigenvalue weighted by Gasteiger charge is 2.33. The number of nitrogen functional groups attached to an aromatic ring is 1. The molecule has 6 rings (SSSR count). The third kappa shape index (κ3) is 4.90. The number of aromatic nitrogens is 3. The summed E-state index contributed by atoms with van der Waals surface area (Å²) in [6, 6.07) is 3.82. The molecule has 11 heteroatoms. The van der Waals surface area contributed by atoms with Crippen LogP contribution in [0, 0.1) is 0 Å². The second-order valence-electron chi connectivity index (χ2n) is 10.5. The molecule has 198 valence electrons. The number of hydrogen-bond acceptors (Lipinski definition) is 5. The van der Waals surface area contributed by atoms with Crippen LogP contribution in [-0.2, 0) is 0 Å². The van der Waals surface area contributed by atoms with Crippen molar-refractivity contribution in [3.05, 3.63) is 47.4 Å². The molecule has 1 saturated carbocycles. The summed E-state index contributed by atoms with van der Waals surface area (Å²) in [6.07, 6.45) is 10.3. The van der Waals surface area contributed by atoms with Crippen LogP contribution in [0.15, 0.2) is 35.5 Å². The molecule has 7 nitrogen and oxygen atoms in total. The first kappa shape index (κ1) is 24.5. The summed E-state index contributed by atoms with van der Waals surface area (Å²) in [4.78, 5) is 29.5. The monoisotopic (exact) mass is 532 g/mol. The van der Waals surface area contributed by atoms with Gasteiger partial charge in [-0.1, -0.05) is 0 Å². The van der Waals surface area contributed by atoms with E-state index < -0.39 is 16.1 Å². The lowest BCUT2D eigenvalue weighted by atomic mass is 9.90. The number of nitrogens with zero attached hydrogens (tertiary/aromatic N) is 4. The summed E-state index contributed by atoms with van der Waals surface area (Å²) < 4.78 is 39.1. The molecule has 0 atom stereocenters. The molecule has 0 spiro atoms. The maximum atomic E-state index is 13.0. The summed E-state index contributed by atoms with van der Waals surface area (Å²) in [7, 11) is 0. The van der Waals surface area contributed by atoms with Gasteiger partial charge in [-0.2, -0.15) is 0 Å². The molecular weight excluding hydrogens is 501 g/mol. The average Bonchev–Trinajstić information content (AvgIpc) is 3.67. The van der Waals surface area contributed by atoms with Gasteiger partial charge >= 0.3 is 0 Å². The van der Waals surface area contributed by atoms with Gasteiger partial charge < -0.3 is 20.5 Å². The van der Waals surface area contributed by atoms with Gasteiger partial charge in [-0.3, -0.25) is 4.79 Å². The smallest absolute Gasteiger partial charge is 0.255 e. The first-order valence-electron chi connectivity index (χ1n) is 13.0. The van der Waals surface area contributed by atoms with Crippen molar-refractivity contribution in [3.63, 3.8) is 0 Å². The van der Waals surface area contributed by atoms with Crippen molar-refractivity contribution in [2.75, 3.05) is 31.9 Å². The number of rotatable bonds is 5. The fourth-order valence-electron chi connectivity index (χ4n) is 5.88. The van der Waals surface area contributed by atoms with Crippen molar-refractivity contribution in [1.29, 1.82) is 0 Å². The van der Waals surface area contributed by atoms with E-state index in [4.69, 9.17) is 10.7 Å². The molecule has 1 amide bonds. The number of halogens is 3. The van der Waals surface area contributed by atoms with Crippen molar-refractivity contribution in [3.8, 4) is 0 Å². The second kappa shape index (κ2) is 9.50. The Hall–Kier alpha value is -2.79. The van der Waals surface area contributed by atoms with E-state index in [1.807, 2.05) is 12.4 Å². The van der Waals surface area contributed by atoms with Crippen LogP contribution in [-0.4, -0.2) is 62.9 Å². The molecule has 4 heterocycles. The Morgan fingerprint density at radius 3 is 2.35 bits per heavy atom. The quantitative estimate of drug-likeness (QED) is 0.410. The van der Waals surface area contributed by atoms with Crippen LogP contribution in [0.2, 0.25) is 0 Å². The van der Waals surface area contributed by atoms with Crippen LogP contribution in [0.3, 0.4) is 0 Å². The third-order valence-corrected chi connectivity index (χ3v) is 8.97. The van der Waals surface area contributed by atoms with Crippen LogP contribution >= 0.6 is 11.2 Å². The van der Waals surface area contributed by atoms with E-state index in [0.29, 0.717) is 19.0 Å². The molecule has 3 aromatic rings. The Labute approximate surface area is 215 Å². The highest BCUT2D eigenvalue weighted by Crippen LogP contribution is 2.61. The van der Waals surface area contributed by atoms with Crippen molar-refractivity contribution in [1.82, 2.24) is 24.8 Å². The van der Waals surface area contributed by atoms with Gasteiger partial charge in [0, 0.05) is 42.5 Å². The third-order valence-electron chi connectivity index (χ3n) is 8.18. The summed E-state index contributed by atoms with van der Waals surface area (Å²) in [5.41, 5.74) is 9.73. The molecule has 3 aliphatic rings.